The van der Waals surface area contributed by atoms with Gasteiger partial charge >= 0.3 is 0 Å². The molecule has 1 N–H and O–H groups in total. The molecule has 1 rings (SSSR count). The highest BCUT2D eigenvalue weighted by atomic mass is 16.5. The number of ether oxygens (including phenoxy) is 1. The normalized spacial score (nSPS) is 25.5. The maximum absolute atomic E-state index is 5.40. The first-order chi connectivity index (χ1) is 7.77. The predicted octanol–water partition coefficient (Wildman–Crippen LogP) is 1.88. The third-order valence-electron chi connectivity index (χ3n) is 3.50. The molecular formula is C13H28N2O. The lowest BCUT2D eigenvalue weighted by Crippen LogP contribution is -2.35. The second-order valence-corrected chi connectivity index (χ2v) is 4.80. The molecule has 1 aliphatic carbocycles. The minimum absolute atomic E-state index is 0.750. The summed E-state index contributed by atoms with van der Waals surface area (Å²) in [5.41, 5.74) is 0. The van der Waals surface area contributed by atoms with Gasteiger partial charge < -0.3 is 15.0 Å². The van der Waals surface area contributed by atoms with E-state index in [2.05, 4.69) is 31.1 Å². The van der Waals surface area contributed by atoms with Gasteiger partial charge in [-0.05, 0) is 46.2 Å². The Labute approximate surface area is 101 Å². The average Bonchev–Trinajstić information content (AvgIpc) is 2.75. The van der Waals surface area contributed by atoms with Crippen LogP contribution in [0.2, 0.25) is 0 Å². The lowest BCUT2D eigenvalue weighted by atomic mass is 10.2. The highest BCUT2D eigenvalue weighted by Crippen LogP contribution is 2.23. The van der Waals surface area contributed by atoms with E-state index in [-0.39, 0.29) is 0 Å². The van der Waals surface area contributed by atoms with Crippen LogP contribution in [-0.2, 0) is 4.74 Å². The van der Waals surface area contributed by atoms with Crippen molar-refractivity contribution in [1.82, 2.24) is 10.2 Å². The van der Waals surface area contributed by atoms with Crippen LogP contribution >= 0.6 is 0 Å². The van der Waals surface area contributed by atoms with Gasteiger partial charge in [-0.3, -0.25) is 0 Å². The molecule has 0 bridgehead atoms. The van der Waals surface area contributed by atoms with Gasteiger partial charge in [-0.25, -0.2) is 0 Å². The van der Waals surface area contributed by atoms with E-state index >= 15 is 0 Å². The van der Waals surface area contributed by atoms with E-state index in [0.29, 0.717) is 0 Å². The molecule has 0 aromatic rings. The van der Waals surface area contributed by atoms with Crippen LogP contribution in [0.25, 0.3) is 0 Å². The fourth-order valence-electron chi connectivity index (χ4n) is 2.43. The molecule has 96 valence electrons. The molecule has 16 heavy (non-hydrogen) atoms. The van der Waals surface area contributed by atoms with Gasteiger partial charge in [0.25, 0.3) is 0 Å². The van der Waals surface area contributed by atoms with Crippen molar-refractivity contribution in [2.45, 2.75) is 51.6 Å². The Morgan fingerprint density at radius 1 is 1.31 bits per heavy atom. The minimum atomic E-state index is 0.750. The Hall–Kier alpha value is -0.120. The molecule has 0 saturated heterocycles. The standard InChI is InChI=1S/C13H28N2O/c1-4-8-14-12-6-7-13(11-12)15(3)9-10-16-5-2/h12-14H,4-11H2,1-3H3. The fraction of sp³-hybridized carbons (Fsp3) is 1.00. The lowest BCUT2D eigenvalue weighted by molar-refractivity contribution is 0.107. The number of nitrogens with zero attached hydrogens (tertiary/aromatic N) is 1. The third-order valence-corrected chi connectivity index (χ3v) is 3.50. The number of likely N-dealkylation sites (N-methyl/N-ethyl adjacent to an activating group) is 1. The average molecular weight is 228 g/mol. The van der Waals surface area contributed by atoms with E-state index in [4.69, 9.17) is 4.74 Å². The maximum Gasteiger partial charge on any atom is 0.0593 e. The highest BCUT2D eigenvalue weighted by Gasteiger charge is 2.26. The first-order valence-corrected chi connectivity index (χ1v) is 6.79. The SMILES string of the molecule is CCCNC1CCC(N(C)CCOCC)C1. The molecule has 1 fully saturated rings. The van der Waals surface area contributed by atoms with Gasteiger partial charge in [0.05, 0.1) is 6.61 Å². The van der Waals surface area contributed by atoms with Crippen LogP contribution in [0.3, 0.4) is 0 Å². The molecule has 2 unspecified atom stereocenters. The van der Waals surface area contributed by atoms with Crippen LogP contribution in [0, 0.1) is 0 Å². The molecule has 3 heteroatoms. The van der Waals surface area contributed by atoms with Crippen LogP contribution in [0.1, 0.15) is 39.5 Å². The van der Waals surface area contributed by atoms with Crippen LogP contribution in [0.4, 0.5) is 0 Å². The van der Waals surface area contributed by atoms with Crippen molar-refractivity contribution in [3.05, 3.63) is 0 Å². The minimum Gasteiger partial charge on any atom is -0.380 e. The smallest absolute Gasteiger partial charge is 0.0593 e. The summed E-state index contributed by atoms with van der Waals surface area (Å²) in [5, 5.41) is 3.63. The highest BCUT2D eigenvalue weighted by molar-refractivity contribution is 4.85. The molecule has 0 spiro atoms. The summed E-state index contributed by atoms with van der Waals surface area (Å²) < 4.78 is 5.40. The zero-order chi connectivity index (χ0) is 11.8. The van der Waals surface area contributed by atoms with E-state index in [9.17, 15) is 0 Å². The van der Waals surface area contributed by atoms with Crippen molar-refractivity contribution in [1.29, 1.82) is 0 Å². The largest absolute Gasteiger partial charge is 0.380 e. The molecule has 0 aromatic heterocycles. The zero-order valence-electron chi connectivity index (χ0n) is 11.2. The van der Waals surface area contributed by atoms with Crippen LogP contribution in [0.5, 0.6) is 0 Å². The lowest BCUT2D eigenvalue weighted by Gasteiger charge is -2.24. The topological polar surface area (TPSA) is 24.5 Å². The van der Waals surface area contributed by atoms with E-state index in [1.165, 1.54) is 32.2 Å². The van der Waals surface area contributed by atoms with E-state index in [0.717, 1.165) is 31.8 Å². The molecule has 0 aromatic carbocycles. The van der Waals surface area contributed by atoms with E-state index < -0.39 is 0 Å². The Morgan fingerprint density at radius 2 is 2.12 bits per heavy atom. The van der Waals surface area contributed by atoms with Crippen LogP contribution < -0.4 is 5.32 Å². The summed E-state index contributed by atoms with van der Waals surface area (Å²) in [6.45, 7) is 8.22. The number of nitrogens with one attached hydrogen (secondary N) is 1. The Balaban J connectivity index is 2.13. The third kappa shape index (κ3) is 4.81. The Morgan fingerprint density at radius 3 is 2.81 bits per heavy atom. The first-order valence-electron chi connectivity index (χ1n) is 6.79. The quantitative estimate of drug-likeness (QED) is 0.642. The van der Waals surface area contributed by atoms with Crippen molar-refractivity contribution in [2.24, 2.45) is 0 Å². The molecule has 1 aliphatic rings. The van der Waals surface area contributed by atoms with Crippen LogP contribution in [-0.4, -0.2) is 50.3 Å². The summed E-state index contributed by atoms with van der Waals surface area (Å²) in [7, 11) is 2.23. The molecule has 1 saturated carbocycles. The number of rotatable bonds is 8. The fourth-order valence-corrected chi connectivity index (χ4v) is 2.43. The Bertz CT molecular complexity index is 175. The molecule has 0 amide bonds. The van der Waals surface area contributed by atoms with Gasteiger partial charge in [0.2, 0.25) is 0 Å². The van der Waals surface area contributed by atoms with Gasteiger partial charge in [-0.15, -0.1) is 0 Å². The first kappa shape index (κ1) is 13.9. The molecule has 2 atom stereocenters. The Kier molecular flexibility index (Phi) is 7.01. The van der Waals surface area contributed by atoms with Gasteiger partial charge in [-0.2, -0.15) is 0 Å². The summed E-state index contributed by atoms with van der Waals surface area (Å²) in [6.07, 6.45) is 5.22. The summed E-state index contributed by atoms with van der Waals surface area (Å²) in [5.74, 6) is 0. The number of hydrogen-bond acceptors (Lipinski definition) is 3. The van der Waals surface area contributed by atoms with Crippen molar-refractivity contribution >= 4 is 0 Å². The van der Waals surface area contributed by atoms with Gasteiger partial charge in [0.15, 0.2) is 0 Å². The maximum atomic E-state index is 5.40. The van der Waals surface area contributed by atoms with E-state index in [1.807, 2.05) is 0 Å². The summed E-state index contributed by atoms with van der Waals surface area (Å²) in [4.78, 5) is 2.46. The molecule has 0 heterocycles. The molecule has 0 aliphatic heterocycles. The molecular weight excluding hydrogens is 200 g/mol. The van der Waals surface area contributed by atoms with E-state index in [1.54, 1.807) is 0 Å². The van der Waals surface area contributed by atoms with Crippen molar-refractivity contribution < 1.29 is 4.74 Å². The number of hydrogen-bond donors (Lipinski definition) is 1. The molecule has 3 nitrogen and oxygen atoms in total. The second-order valence-electron chi connectivity index (χ2n) is 4.80. The van der Waals surface area contributed by atoms with Crippen molar-refractivity contribution in [2.75, 3.05) is 33.4 Å². The van der Waals surface area contributed by atoms with Crippen molar-refractivity contribution in [3.63, 3.8) is 0 Å². The van der Waals surface area contributed by atoms with Gasteiger partial charge in [0, 0.05) is 25.2 Å². The zero-order valence-corrected chi connectivity index (χ0v) is 11.2. The van der Waals surface area contributed by atoms with Crippen molar-refractivity contribution in [3.8, 4) is 0 Å². The molecule has 0 radical (unpaired) electrons. The van der Waals surface area contributed by atoms with Gasteiger partial charge in [0.1, 0.15) is 0 Å². The second kappa shape index (κ2) is 8.04. The summed E-state index contributed by atoms with van der Waals surface area (Å²) >= 11 is 0. The predicted molar refractivity (Wildman–Crippen MR) is 68.8 cm³/mol. The van der Waals surface area contributed by atoms with Gasteiger partial charge in [-0.1, -0.05) is 6.92 Å². The monoisotopic (exact) mass is 228 g/mol. The summed E-state index contributed by atoms with van der Waals surface area (Å²) in [6, 6.07) is 1.51. The van der Waals surface area contributed by atoms with Crippen LogP contribution in [0.15, 0.2) is 0 Å².